The van der Waals surface area contributed by atoms with E-state index in [4.69, 9.17) is 10.5 Å². The molecule has 4 heteroatoms. The van der Waals surface area contributed by atoms with E-state index >= 15 is 0 Å². The molecule has 0 spiro atoms. The lowest BCUT2D eigenvalue weighted by Crippen LogP contribution is -2.00. The molecule has 0 unspecified atom stereocenters. The fourth-order valence-electron chi connectivity index (χ4n) is 1.82. The lowest BCUT2D eigenvalue weighted by Gasteiger charge is -2.09. The maximum absolute atomic E-state index is 5.57. The number of nitrogens with zero attached hydrogens (tertiary/aromatic N) is 2. The molecule has 0 aliphatic heterocycles. The van der Waals surface area contributed by atoms with E-state index in [0.717, 1.165) is 23.6 Å². The molecule has 0 amide bonds. The normalized spacial score (nSPS) is 10.3. The van der Waals surface area contributed by atoms with Gasteiger partial charge in [-0.05, 0) is 18.1 Å². The van der Waals surface area contributed by atoms with Crippen LogP contribution in [0.25, 0.3) is 0 Å². The molecule has 2 aromatic rings. The molecule has 4 nitrogen and oxygen atoms in total. The van der Waals surface area contributed by atoms with Crippen molar-refractivity contribution in [2.45, 2.75) is 19.8 Å². The molecule has 0 saturated carbocycles. The zero-order chi connectivity index (χ0) is 13.0. The monoisotopic (exact) mass is 243 g/mol. The van der Waals surface area contributed by atoms with Crippen molar-refractivity contribution >= 4 is 5.69 Å². The van der Waals surface area contributed by atoms with E-state index in [1.807, 2.05) is 6.07 Å². The number of aryl methyl sites for hydroxylation is 1. The molecule has 0 fully saturated rings. The molecular formula is C14H17N3O. The van der Waals surface area contributed by atoms with Crippen molar-refractivity contribution in [2.24, 2.45) is 0 Å². The standard InChI is InChI=1S/C14H17N3O/c1-3-10-4-5-13(18-2)11(6-10)7-14-16-8-12(15)9-17-14/h4-6,8-9H,3,7,15H2,1-2H3. The molecule has 0 bridgehead atoms. The van der Waals surface area contributed by atoms with Crippen LogP contribution in [-0.2, 0) is 12.8 Å². The van der Waals surface area contributed by atoms with Crippen molar-refractivity contribution in [1.29, 1.82) is 0 Å². The number of nitrogen functional groups attached to an aromatic ring is 1. The van der Waals surface area contributed by atoms with Crippen molar-refractivity contribution < 1.29 is 4.74 Å². The summed E-state index contributed by atoms with van der Waals surface area (Å²) in [6.07, 6.45) is 4.90. The van der Waals surface area contributed by atoms with E-state index in [0.29, 0.717) is 12.1 Å². The van der Waals surface area contributed by atoms with E-state index in [2.05, 4.69) is 29.0 Å². The van der Waals surface area contributed by atoms with Gasteiger partial charge in [0.05, 0.1) is 25.2 Å². The van der Waals surface area contributed by atoms with Crippen LogP contribution in [-0.4, -0.2) is 17.1 Å². The van der Waals surface area contributed by atoms with Gasteiger partial charge in [-0.15, -0.1) is 0 Å². The number of benzene rings is 1. The van der Waals surface area contributed by atoms with E-state index in [-0.39, 0.29) is 0 Å². The molecule has 0 aliphatic rings. The van der Waals surface area contributed by atoms with Crippen molar-refractivity contribution in [3.8, 4) is 5.75 Å². The Kier molecular flexibility index (Phi) is 3.77. The van der Waals surface area contributed by atoms with Crippen LogP contribution in [0.15, 0.2) is 30.6 Å². The first-order valence-electron chi connectivity index (χ1n) is 5.95. The Morgan fingerprint density at radius 2 is 1.94 bits per heavy atom. The molecule has 0 aliphatic carbocycles. The van der Waals surface area contributed by atoms with E-state index in [1.165, 1.54) is 5.56 Å². The quantitative estimate of drug-likeness (QED) is 0.894. The van der Waals surface area contributed by atoms with Crippen LogP contribution in [0.5, 0.6) is 5.75 Å². The lowest BCUT2D eigenvalue weighted by molar-refractivity contribution is 0.410. The van der Waals surface area contributed by atoms with Gasteiger partial charge in [0.15, 0.2) is 0 Å². The second-order valence-corrected chi connectivity index (χ2v) is 4.11. The highest BCUT2D eigenvalue weighted by Gasteiger charge is 2.07. The molecule has 0 saturated heterocycles. The van der Waals surface area contributed by atoms with Crippen molar-refractivity contribution in [1.82, 2.24) is 9.97 Å². The van der Waals surface area contributed by atoms with Gasteiger partial charge in [-0.3, -0.25) is 0 Å². The zero-order valence-corrected chi connectivity index (χ0v) is 10.7. The van der Waals surface area contributed by atoms with Gasteiger partial charge >= 0.3 is 0 Å². The summed E-state index contributed by atoms with van der Waals surface area (Å²) < 4.78 is 5.36. The summed E-state index contributed by atoms with van der Waals surface area (Å²) in [7, 11) is 1.67. The van der Waals surface area contributed by atoms with Crippen LogP contribution in [0.2, 0.25) is 0 Å². The molecular weight excluding hydrogens is 226 g/mol. The predicted octanol–water partition coefficient (Wildman–Crippen LogP) is 2.22. The minimum atomic E-state index is 0.577. The van der Waals surface area contributed by atoms with E-state index < -0.39 is 0 Å². The van der Waals surface area contributed by atoms with Crippen LogP contribution in [0.4, 0.5) is 5.69 Å². The summed E-state index contributed by atoms with van der Waals surface area (Å²) in [6, 6.07) is 6.20. The number of rotatable bonds is 4. The Labute approximate surface area is 107 Å². The van der Waals surface area contributed by atoms with Gasteiger partial charge in [-0.1, -0.05) is 19.1 Å². The number of nitrogens with two attached hydrogens (primary N) is 1. The molecule has 1 aromatic carbocycles. The number of aromatic nitrogens is 2. The smallest absolute Gasteiger partial charge is 0.132 e. The highest BCUT2D eigenvalue weighted by Crippen LogP contribution is 2.22. The minimum Gasteiger partial charge on any atom is -0.496 e. The average molecular weight is 243 g/mol. The fraction of sp³-hybridized carbons (Fsp3) is 0.286. The third-order valence-electron chi connectivity index (χ3n) is 2.83. The Bertz CT molecular complexity index is 523. The first-order chi connectivity index (χ1) is 8.72. The average Bonchev–Trinajstić information content (AvgIpc) is 2.41. The minimum absolute atomic E-state index is 0.577. The fourth-order valence-corrected chi connectivity index (χ4v) is 1.82. The molecule has 94 valence electrons. The number of ether oxygens (including phenoxy) is 1. The van der Waals surface area contributed by atoms with Crippen LogP contribution in [0.3, 0.4) is 0 Å². The van der Waals surface area contributed by atoms with Crippen LogP contribution in [0.1, 0.15) is 23.9 Å². The van der Waals surface area contributed by atoms with Crippen molar-refractivity contribution in [2.75, 3.05) is 12.8 Å². The zero-order valence-electron chi connectivity index (χ0n) is 10.7. The van der Waals surface area contributed by atoms with E-state index in [1.54, 1.807) is 19.5 Å². The highest BCUT2D eigenvalue weighted by atomic mass is 16.5. The van der Waals surface area contributed by atoms with Gasteiger partial charge in [0.2, 0.25) is 0 Å². The Morgan fingerprint density at radius 1 is 1.22 bits per heavy atom. The summed E-state index contributed by atoms with van der Waals surface area (Å²) in [5.74, 6) is 1.61. The first kappa shape index (κ1) is 12.4. The highest BCUT2D eigenvalue weighted by molar-refractivity contribution is 5.39. The summed E-state index contributed by atoms with van der Waals surface area (Å²) in [5, 5.41) is 0. The Morgan fingerprint density at radius 3 is 2.56 bits per heavy atom. The molecule has 2 N–H and O–H groups in total. The maximum Gasteiger partial charge on any atom is 0.132 e. The molecule has 18 heavy (non-hydrogen) atoms. The number of hydrogen-bond acceptors (Lipinski definition) is 4. The van der Waals surface area contributed by atoms with Gasteiger partial charge in [0.25, 0.3) is 0 Å². The SMILES string of the molecule is CCc1ccc(OC)c(Cc2ncc(N)cn2)c1. The Hall–Kier alpha value is -2.10. The predicted molar refractivity (Wildman–Crippen MR) is 71.6 cm³/mol. The maximum atomic E-state index is 5.57. The van der Waals surface area contributed by atoms with Gasteiger partial charge in [0.1, 0.15) is 11.6 Å². The van der Waals surface area contributed by atoms with Crippen LogP contribution >= 0.6 is 0 Å². The van der Waals surface area contributed by atoms with Gasteiger partial charge < -0.3 is 10.5 Å². The van der Waals surface area contributed by atoms with Crippen molar-refractivity contribution in [3.05, 3.63) is 47.5 Å². The largest absolute Gasteiger partial charge is 0.496 e. The summed E-state index contributed by atoms with van der Waals surface area (Å²) in [5.41, 5.74) is 8.53. The van der Waals surface area contributed by atoms with Crippen LogP contribution in [0, 0.1) is 0 Å². The molecule has 1 aromatic heterocycles. The second-order valence-electron chi connectivity index (χ2n) is 4.11. The third-order valence-corrected chi connectivity index (χ3v) is 2.83. The summed E-state index contributed by atoms with van der Waals surface area (Å²) in [6.45, 7) is 2.13. The van der Waals surface area contributed by atoms with Gasteiger partial charge in [0, 0.05) is 12.0 Å². The number of methoxy groups -OCH3 is 1. The molecule has 0 atom stereocenters. The molecule has 1 heterocycles. The molecule has 2 rings (SSSR count). The van der Waals surface area contributed by atoms with Crippen molar-refractivity contribution in [3.63, 3.8) is 0 Å². The topological polar surface area (TPSA) is 61.0 Å². The third kappa shape index (κ3) is 2.77. The summed E-state index contributed by atoms with van der Waals surface area (Å²) >= 11 is 0. The number of anilines is 1. The van der Waals surface area contributed by atoms with Crippen LogP contribution < -0.4 is 10.5 Å². The Balaban J connectivity index is 2.29. The number of hydrogen-bond donors (Lipinski definition) is 1. The van der Waals surface area contributed by atoms with Gasteiger partial charge in [-0.25, -0.2) is 9.97 Å². The van der Waals surface area contributed by atoms with Gasteiger partial charge in [-0.2, -0.15) is 0 Å². The summed E-state index contributed by atoms with van der Waals surface area (Å²) in [4.78, 5) is 8.43. The lowest BCUT2D eigenvalue weighted by atomic mass is 10.0. The second kappa shape index (κ2) is 5.49. The first-order valence-corrected chi connectivity index (χ1v) is 5.95. The van der Waals surface area contributed by atoms with E-state index in [9.17, 15) is 0 Å². The molecule has 0 radical (unpaired) electrons.